The zero-order chi connectivity index (χ0) is 11.3. The number of phenolic OH excluding ortho intramolecular Hbond substituents is 1. The summed E-state index contributed by atoms with van der Waals surface area (Å²) in [4.78, 5) is 0. The summed E-state index contributed by atoms with van der Waals surface area (Å²) in [5.41, 5.74) is 6.87. The molecule has 3 N–H and O–H groups in total. The van der Waals surface area contributed by atoms with Gasteiger partial charge >= 0.3 is 0 Å². The molecule has 0 spiro atoms. The molecule has 1 aliphatic carbocycles. The summed E-state index contributed by atoms with van der Waals surface area (Å²) in [6.07, 6.45) is 2.07. The van der Waals surface area contributed by atoms with Crippen LogP contribution >= 0.6 is 15.9 Å². The van der Waals surface area contributed by atoms with Gasteiger partial charge in [-0.25, -0.2) is 0 Å². The van der Waals surface area contributed by atoms with Crippen molar-refractivity contribution >= 4 is 15.9 Å². The van der Waals surface area contributed by atoms with E-state index in [9.17, 15) is 5.11 Å². The summed E-state index contributed by atoms with van der Waals surface area (Å²) in [6.45, 7) is 4.20. The molecule has 0 aliphatic heterocycles. The van der Waals surface area contributed by atoms with E-state index < -0.39 is 0 Å². The van der Waals surface area contributed by atoms with Crippen LogP contribution in [-0.4, -0.2) is 10.6 Å². The summed E-state index contributed by atoms with van der Waals surface area (Å²) in [5.74, 6) is 0.325. The first-order valence-electron chi connectivity index (χ1n) is 5.15. The molecule has 0 heterocycles. The molecule has 1 saturated carbocycles. The average Bonchev–Trinajstić information content (AvgIpc) is 2.84. The normalized spacial score (nSPS) is 18.9. The molecule has 0 saturated heterocycles. The second-order valence-electron chi connectivity index (χ2n) is 4.94. The van der Waals surface area contributed by atoms with Crippen LogP contribution in [0.4, 0.5) is 0 Å². The Hall–Kier alpha value is -0.540. The molecule has 0 atom stereocenters. The summed E-state index contributed by atoms with van der Waals surface area (Å²) >= 11 is 3.34. The highest BCUT2D eigenvalue weighted by Gasteiger charge is 2.52. The van der Waals surface area contributed by atoms with Crippen LogP contribution in [0.25, 0.3) is 0 Å². The van der Waals surface area contributed by atoms with Crippen molar-refractivity contribution < 1.29 is 5.11 Å². The van der Waals surface area contributed by atoms with E-state index in [1.54, 1.807) is 6.07 Å². The van der Waals surface area contributed by atoms with Gasteiger partial charge in [0, 0.05) is 21.0 Å². The number of hydrogen-bond donors (Lipinski definition) is 2. The van der Waals surface area contributed by atoms with Gasteiger partial charge in [0.25, 0.3) is 0 Å². The highest BCUT2D eigenvalue weighted by Crippen LogP contribution is 2.51. The topological polar surface area (TPSA) is 46.2 Å². The Bertz CT molecular complexity index is 397. The zero-order valence-electron chi connectivity index (χ0n) is 9.05. The summed E-state index contributed by atoms with van der Waals surface area (Å²) < 4.78 is 0.890. The fourth-order valence-corrected chi connectivity index (χ4v) is 2.41. The largest absolute Gasteiger partial charge is 0.508 e. The van der Waals surface area contributed by atoms with E-state index in [-0.39, 0.29) is 11.0 Å². The molecule has 0 radical (unpaired) electrons. The smallest absolute Gasteiger partial charge is 0.120 e. The first-order valence-corrected chi connectivity index (χ1v) is 5.94. The van der Waals surface area contributed by atoms with Gasteiger partial charge in [-0.3, -0.25) is 0 Å². The molecule has 3 heteroatoms. The molecule has 15 heavy (non-hydrogen) atoms. The number of benzene rings is 1. The Labute approximate surface area is 98.6 Å². The highest BCUT2D eigenvalue weighted by molar-refractivity contribution is 9.10. The average molecular weight is 270 g/mol. The van der Waals surface area contributed by atoms with Gasteiger partial charge in [-0.1, -0.05) is 35.8 Å². The molecule has 1 aromatic carbocycles. The second-order valence-corrected chi connectivity index (χ2v) is 5.86. The first kappa shape index (κ1) is 11.0. The van der Waals surface area contributed by atoms with Crippen molar-refractivity contribution in [3.8, 4) is 5.75 Å². The Morgan fingerprint density at radius 1 is 1.40 bits per heavy atom. The zero-order valence-corrected chi connectivity index (χ0v) is 10.6. The van der Waals surface area contributed by atoms with Crippen LogP contribution in [0.3, 0.4) is 0 Å². The molecule has 2 rings (SSSR count). The van der Waals surface area contributed by atoms with Crippen molar-refractivity contribution in [2.75, 3.05) is 0 Å². The number of halogens is 1. The minimum Gasteiger partial charge on any atom is -0.508 e. The van der Waals surface area contributed by atoms with E-state index >= 15 is 0 Å². The summed E-state index contributed by atoms with van der Waals surface area (Å²) in [6, 6.07) is 5.62. The van der Waals surface area contributed by atoms with Gasteiger partial charge in [0.05, 0.1) is 0 Å². The number of hydrogen-bond acceptors (Lipinski definition) is 2. The van der Waals surface area contributed by atoms with Crippen molar-refractivity contribution in [2.24, 2.45) is 5.73 Å². The van der Waals surface area contributed by atoms with E-state index in [0.29, 0.717) is 5.75 Å². The van der Waals surface area contributed by atoms with Gasteiger partial charge in [-0.15, -0.1) is 0 Å². The third-order valence-corrected chi connectivity index (χ3v) is 4.16. The van der Waals surface area contributed by atoms with Gasteiger partial charge in [-0.05, 0) is 25.0 Å². The fraction of sp³-hybridized carbons (Fsp3) is 0.500. The van der Waals surface area contributed by atoms with Gasteiger partial charge in [-0.2, -0.15) is 0 Å². The van der Waals surface area contributed by atoms with Gasteiger partial charge in [0.15, 0.2) is 0 Å². The van der Waals surface area contributed by atoms with Crippen LogP contribution in [0, 0.1) is 0 Å². The fourth-order valence-electron chi connectivity index (χ4n) is 2.06. The van der Waals surface area contributed by atoms with E-state index in [1.165, 1.54) is 0 Å². The predicted molar refractivity (Wildman–Crippen MR) is 65.0 cm³/mol. The SMILES string of the molecule is CC(C)(c1ccc(Br)cc1O)C1(N)CC1. The van der Waals surface area contributed by atoms with E-state index in [4.69, 9.17) is 5.73 Å². The van der Waals surface area contributed by atoms with Crippen LogP contribution < -0.4 is 5.73 Å². The van der Waals surface area contributed by atoms with Crippen LogP contribution in [0.5, 0.6) is 5.75 Å². The van der Waals surface area contributed by atoms with Crippen LogP contribution in [0.15, 0.2) is 22.7 Å². The maximum atomic E-state index is 9.93. The molecule has 1 fully saturated rings. The third kappa shape index (κ3) is 1.68. The van der Waals surface area contributed by atoms with E-state index in [0.717, 1.165) is 22.9 Å². The summed E-state index contributed by atoms with van der Waals surface area (Å²) in [5, 5.41) is 9.93. The van der Waals surface area contributed by atoms with Gasteiger partial charge in [0.1, 0.15) is 5.75 Å². The van der Waals surface area contributed by atoms with Crippen molar-refractivity contribution in [3.05, 3.63) is 28.2 Å². The standard InChI is InChI=1S/C12H16BrNO/c1-11(2,12(14)5-6-12)9-4-3-8(13)7-10(9)15/h3-4,7,15H,5-6,14H2,1-2H3. The van der Waals surface area contributed by atoms with Crippen LogP contribution in [0.2, 0.25) is 0 Å². The maximum absolute atomic E-state index is 9.93. The summed E-state index contributed by atoms with van der Waals surface area (Å²) in [7, 11) is 0. The van der Waals surface area contributed by atoms with Crippen molar-refractivity contribution in [1.82, 2.24) is 0 Å². The number of aromatic hydroxyl groups is 1. The molecule has 0 unspecified atom stereocenters. The minimum atomic E-state index is -0.169. The lowest BCUT2D eigenvalue weighted by molar-refractivity contribution is 0.367. The molecule has 2 nitrogen and oxygen atoms in total. The lowest BCUT2D eigenvalue weighted by Gasteiger charge is -2.33. The van der Waals surface area contributed by atoms with Crippen molar-refractivity contribution in [2.45, 2.75) is 37.6 Å². The Balaban J connectivity index is 2.45. The molecular formula is C12H16BrNO. The molecule has 1 aromatic rings. The van der Waals surface area contributed by atoms with Crippen molar-refractivity contribution in [1.29, 1.82) is 0 Å². The minimum absolute atomic E-state index is 0.141. The number of nitrogens with two attached hydrogens (primary N) is 1. The Morgan fingerprint density at radius 3 is 2.47 bits per heavy atom. The number of rotatable bonds is 2. The molecule has 82 valence electrons. The molecule has 0 amide bonds. The lowest BCUT2D eigenvalue weighted by Crippen LogP contribution is -2.43. The maximum Gasteiger partial charge on any atom is 0.120 e. The van der Waals surface area contributed by atoms with Gasteiger partial charge in [0.2, 0.25) is 0 Å². The quantitative estimate of drug-likeness (QED) is 0.868. The monoisotopic (exact) mass is 269 g/mol. The van der Waals surface area contributed by atoms with Crippen LogP contribution in [0.1, 0.15) is 32.3 Å². The van der Waals surface area contributed by atoms with Crippen molar-refractivity contribution in [3.63, 3.8) is 0 Å². The van der Waals surface area contributed by atoms with Crippen LogP contribution in [-0.2, 0) is 5.41 Å². The highest BCUT2D eigenvalue weighted by atomic mass is 79.9. The molecule has 0 bridgehead atoms. The molecule has 1 aliphatic rings. The third-order valence-electron chi connectivity index (χ3n) is 3.67. The predicted octanol–water partition coefficient (Wildman–Crippen LogP) is 2.92. The van der Waals surface area contributed by atoms with Gasteiger partial charge < -0.3 is 10.8 Å². The number of phenols is 1. The Morgan fingerprint density at radius 2 is 2.00 bits per heavy atom. The van der Waals surface area contributed by atoms with E-state index in [2.05, 4.69) is 29.8 Å². The molecule has 0 aromatic heterocycles. The molecular weight excluding hydrogens is 254 g/mol. The van der Waals surface area contributed by atoms with E-state index in [1.807, 2.05) is 12.1 Å². The first-order chi connectivity index (χ1) is 6.87. The lowest BCUT2D eigenvalue weighted by atomic mass is 9.75. The second kappa shape index (κ2) is 3.22. The Kier molecular flexibility index (Phi) is 2.36.